The summed E-state index contributed by atoms with van der Waals surface area (Å²) in [6, 6.07) is 14.8. The third-order valence-electron chi connectivity index (χ3n) is 5.46. The van der Waals surface area contributed by atoms with Crippen LogP contribution < -0.4 is 10.9 Å². The summed E-state index contributed by atoms with van der Waals surface area (Å²) in [4.78, 5) is 0. The molecule has 0 radical (unpaired) electrons. The number of nitrogens with zero attached hydrogens (tertiary/aromatic N) is 1. The first-order valence-electron chi connectivity index (χ1n) is 9.52. The zero-order valence-electron chi connectivity index (χ0n) is 16.1. The molecular formula is C23H29ClN2. The van der Waals surface area contributed by atoms with Crippen LogP contribution in [0, 0.1) is 19.8 Å². The molecule has 0 aromatic heterocycles. The van der Waals surface area contributed by atoms with Crippen LogP contribution in [0.2, 0.25) is 5.02 Å². The van der Waals surface area contributed by atoms with Gasteiger partial charge in [-0.25, -0.2) is 5.84 Å². The van der Waals surface area contributed by atoms with Gasteiger partial charge in [-0.05, 0) is 75.8 Å². The molecule has 1 aliphatic rings. The normalized spacial score (nSPS) is 18.0. The van der Waals surface area contributed by atoms with E-state index in [1.54, 1.807) is 0 Å². The lowest BCUT2D eigenvalue weighted by Crippen LogP contribution is -2.35. The fourth-order valence-electron chi connectivity index (χ4n) is 4.02. The number of hydrogen-bond donors (Lipinski definition) is 1. The number of allylic oxidation sites excluding steroid dienone is 2. The molecule has 1 atom stereocenters. The Bertz CT molecular complexity index is 792. The van der Waals surface area contributed by atoms with E-state index in [1.807, 2.05) is 23.2 Å². The molecule has 0 fully saturated rings. The van der Waals surface area contributed by atoms with Crippen molar-refractivity contribution in [3.63, 3.8) is 0 Å². The van der Waals surface area contributed by atoms with Crippen LogP contribution in [0.25, 0.3) is 0 Å². The molecule has 1 unspecified atom stereocenters. The van der Waals surface area contributed by atoms with E-state index < -0.39 is 0 Å². The van der Waals surface area contributed by atoms with Gasteiger partial charge >= 0.3 is 0 Å². The Balaban J connectivity index is 1.94. The highest BCUT2D eigenvalue weighted by molar-refractivity contribution is 6.30. The molecule has 0 bridgehead atoms. The fourth-order valence-corrected chi connectivity index (χ4v) is 4.25. The van der Waals surface area contributed by atoms with Crippen LogP contribution >= 0.6 is 11.6 Å². The first-order chi connectivity index (χ1) is 12.5. The second kappa shape index (κ2) is 8.28. The number of aryl methyl sites for hydroxylation is 2. The molecule has 0 amide bonds. The maximum atomic E-state index is 6.68. The van der Waals surface area contributed by atoms with Gasteiger partial charge in [0.1, 0.15) is 0 Å². The number of rotatable bonds is 4. The number of benzene rings is 2. The van der Waals surface area contributed by atoms with Gasteiger partial charge in [-0.2, -0.15) is 0 Å². The Hall–Kier alpha value is -1.77. The van der Waals surface area contributed by atoms with Crippen LogP contribution in [0.5, 0.6) is 0 Å². The Kier molecular flexibility index (Phi) is 6.05. The third kappa shape index (κ3) is 4.31. The maximum absolute atomic E-state index is 6.68. The van der Waals surface area contributed by atoms with Gasteiger partial charge in [-0.15, -0.1) is 0 Å². The van der Waals surface area contributed by atoms with Crippen molar-refractivity contribution in [2.45, 2.75) is 52.9 Å². The molecule has 0 saturated heterocycles. The average Bonchev–Trinajstić information content (AvgIpc) is 2.78. The van der Waals surface area contributed by atoms with Crippen molar-refractivity contribution in [2.24, 2.45) is 11.8 Å². The predicted octanol–water partition coefficient (Wildman–Crippen LogP) is 6.34. The minimum absolute atomic E-state index is 0.445. The second-order valence-corrected chi connectivity index (χ2v) is 8.04. The molecule has 26 heavy (non-hydrogen) atoms. The predicted molar refractivity (Wildman–Crippen MR) is 112 cm³/mol. The SMILES string of the molecule is CC1=C(N(N)c2ccc(Cl)cc2C)C(Cc2ccc(C)cc2)CCCC1. The number of hydrazine groups is 1. The van der Waals surface area contributed by atoms with E-state index in [4.69, 9.17) is 17.4 Å². The van der Waals surface area contributed by atoms with Crippen LogP contribution in [0.1, 0.15) is 49.3 Å². The standard InChI is InChI=1S/C23H29ClN2/c1-16-8-10-19(11-9-16)15-20-7-5-4-6-17(2)23(20)26(25)22-13-12-21(24)14-18(22)3/h8-14,20H,4-7,15,25H2,1-3H3. The molecule has 2 aromatic carbocycles. The highest BCUT2D eigenvalue weighted by Crippen LogP contribution is 2.36. The highest BCUT2D eigenvalue weighted by Gasteiger charge is 2.25. The lowest BCUT2D eigenvalue weighted by molar-refractivity contribution is 0.523. The van der Waals surface area contributed by atoms with Gasteiger partial charge in [0.05, 0.1) is 5.69 Å². The molecule has 1 aliphatic carbocycles. The number of halogens is 1. The summed E-state index contributed by atoms with van der Waals surface area (Å²) < 4.78 is 0. The lowest BCUT2D eigenvalue weighted by Gasteiger charge is -2.31. The average molecular weight is 369 g/mol. The van der Waals surface area contributed by atoms with E-state index in [1.165, 1.54) is 41.7 Å². The summed E-state index contributed by atoms with van der Waals surface area (Å²) in [5, 5.41) is 2.67. The summed E-state index contributed by atoms with van der Waals surface area (Å²) in [5.41, 5.74) is 7.54. The van der Waals surface area contributed by atoms with Crippen LogP contribution in [-0.4, -0.2) is 0 Å². The summed E-state index contributed by atoms with van der Waals surface area (Å²) in [6.45, 7) is 6.45. The van der Waals surface area contributed by atoms with Gasteiger partial charge in [0.25, 0.3) is 0 Å². The third-order valence-corrected chi connectivity index (χ3v) is 5.69. The Morgan fingerprint density at radius 2 is 1.77 bits per heavy atom. The molecule has 2 N–H and O–H groups in total. The van der Waals surface area contributed by atoms with Gasteiger partial charge in [0.2, 0.25) is 0 Å². The topological polar surface area (TPSA) is 29.3 Å². The summed E-state index contributed by atoms with van der Waals surface area (Å²) in [6.07, 6.45) is 5.84. The molecule has 0 heterocycles. The van der Waals surface area contributed by atoms with E-state index in [-0.39, 0.29) is 0 Å². The molecule has 3 heteroatoms. The van der Waals surface area contributed by atoms with Crippen molar-refractivity contribution in [1.82, 2.24) is 0 Å². The van der Waals surface area contributed by atoms with E-state index in [9.17, 15) is 0 Å². The van der Waals surface area contributed by atoms with Crippen LogP contribution in [-0.2, 0) is 6.42 Å². The van der Waals surface area contributed by atoms with Gasteiger partial charge in [-0.1, -0.05) is 53.4 Å². The first kappa shape index (κ1) is 19.0. The van der Waals surface area contributed by atoms with E-state index in [0.29, 0.717) is 5.92 Å². The molecule has 2 aromatic rings. The summed E-state index contributed by atoms with van der Waals surface area (Å²) in [7, 11) is 0. The first-order valence-corrected chi connectivity index (χ1v) is 9.89. The fraction of sp³-hybridized carbons (Fsp3) is 0.391. The van der Waals surface area contributed by atoms with E-state index in [2.05, 4.69) is 45.0 Å². The zero-order chi connectivity index (χ0) is 18.7. The Morgan fingerprint density at radius 1 is 1.04 bits per heavy atom. The van der Waals surface area contributed by atoms with Crippen LogP contribution in [0.3, 0.4) is 0 Å². The van der Waals surface area contributed by atoms with E-state index in [0.717, 1.165) is 29.1 Å². The van der Waals surface area contributed by atoms with Crippen LogP contribution in [0.4, 0.5) is 5.69 Å². The molecule has 0 aliphatic heterocycles. The zero-order valence-corrected chi connectivity index (χ0v) is 16.8. The van der Waals surface area contributed by atoms with Gasteiger partial charge in [-0.3, -0.25) is 5.01 Å². The smallest absolute Gasteiger partial charge is 0.0601 e. The Morgan fingerprint density at radius 3 is 2.46 bits per heavy atom. The van der Waals surface area contributed by atoms with Crippen molar-refractivity contribution < 1.29 is 0 Å². The number of nitrogens with two attached hydrogens (primary N) is 1. The van der Waals surface area contributed by atoms with Crippen molar-refractivity contribution in [1.29, 1.82) is 0 Å². The Labute approximate surface area is 162 Å². The van der Waals surface area contributed by atoms with Crippen molar-refractivity contribution in [3.05, 3.63) is 75.4 Å². The molecular weight excluding hydrogens is 340 g/mol. The van der Waals surface area contributed by atoms with Gasteiger partial charge in [0.15, 0.2) is 0 Å². The summed E-state index contributed by atoms with van der Waals surface area (Å²) >= 11 is 6.14. The maximum Gasteiger partial charge on any atom is 0.0601 e. The monoisotopic (exact) mass is 368 g/mol. The lowest BCUT2D eigenvalue weighted by atomic mass is 9.90. The van der Waals surface area contributed by atoms with Crippen molar-refractivity contribution >= 4 is 17.3 Å². The number of anilines is 1. The molecule has 0 spiro atoms. The minimum Gasteiger partial charge on any atom is -0.283 e. The van der Waals surface area contributed by atoms with E-state index >= 15 is 0 Å². The summed E-state index contributed by atoms with van der Waals surface area (Å²) in [5.74, 6) is 7.13. The highest BCUT2D eigenvalue weighted by atomic mass is 35.5. The molecule has 3 rings (SSSR count). The molecule has 0 saturated carbocycles. The van der Waals surface area contributed by atoms with Gasteiger partial charge in [0, 0.05) is 16.6 Å². The largest absolute Gasteiger partial charge is 0.283 e. The number of hydrogen-bond acceptors (Lipinski definition) is 2. The second-order valence-electron chi connectivity index (χ2n) is 7.60. The molecule has 138 valence electrons. The van der Waals surface area contributed by atoms with Gasteiger partial charge < -0.3 is 0 Å². The minimum atomic E-state index is 0.445. The van der Waals surface area contributed by atoms with Crippen LogP contribution in [0.15, 0.2) is 53.7 Å². The molecule has 2 nitrogen and oxygen atoms in total. The van der Waals surface area contributed by atoms with Crippen molar-refractivity contribution in [3.8, 4) is 0 Å². The quantitative estimate of drug-likeness (QED) is 0.503. The van der Waals surface area contributed by atoms with Crippen molar-refractivity contribution in [2.75, 3.05) is 5.01 Å².